The first-order valence-electron chi connectivity index (χ1n) is 10.9. The van der Waals surface area contributed by atoms with E-state index >= 15 is 0 Å². The van der Waals surface area contributed by atoms with Gasteiger partial charge in [-0.25, -0.2) is 4.68 Å². The number of hydrogen-bond acceptors (Lipinski definition) is 6. The summed E-state index contributed by atoms with van der Waals surface area (Å²) in [6.45, 7) is 1.31. The number of rotatable bonds is 12. The van der Waals surface area contributed by atoms with Crippen molar-refractivity contribution >= 4 is 5.91 Å². The van der Waals surface area contributed by atoms with Crippen LogP contribution in [0.3, 0.4) is 0 Å². The average molecular weight is 433 g/mol. The fraction of sp³-hybridized carbons (Fsp3) is 0.375. The van der Waals surface area contributed by atoms with Crippen LogP contribution in [-0.4, -0.2) is 55.8 Å². The Kier molecular flexibility index (Phi) is 8.90. The zero-order chi connectivity index (χ0) is 22.6. The normalized spacial score (nSPS) is 10.6. The van der Waals surface area contributed by atoms with Crippen LogP contribution in [0.1, 0.15) is 42.4 Å². The number of aromatic nitrogens is 4. The second kappa shape index (κ2) is 12.3. The van der Waals surface area contributed by atoms with Crippen LogP contribution in [0, 0.1) is 11.3 Å². The van der Waals surface area contributed by atoms with Crippen molar-refractivity contribution in [1.29, 1.82) is 5.26 Å². The Hall–Kier alpha value is -3.57. The summed E-state index contributed by atoms with van der Waals surface area (Å²) in [6.07, 6.45) is 6.27. The molecule has 0 saturated carbocycles. The van der Waals surface area contributed by atoms with Crippen LogP contribution in [0.25, 0.3) is 5.69 Å². The molecule has 3 rings (SSSR count). The van der Waals surface area contributed by atoms with Crippen LogP contribution in [0.5, 0.6) is 0 Å². The molecule has 1 aromatic heterocycles. The predicted molar refractivity (Wildman–Crippen MR) is 120 cm³/mol. The van der Waals surface area contributed by atoms with Gasteiger partial charge in [-0.1, -0.05) is 30.7 Å². The fourth-order valence-electron chi connectivity index (χ4n) is 3.56. The summed E-state index contributed by atoms with van der Waals surface area (Å²) < 4.78 is 1.57. The van der Waals surface area contributed by atoms with Gasteiger partial charge in [-0.3, -0.25) is 4.79 Å². The molecule has 8 heteroatoms. The van der Waals surface area contributed by atoms with Gasteiger partial charge in [0, 0.05) is 19.7 Å². The third-order valence-electron chi connectivity index (χ3n) is 5.29. The molecule has 0 aliphatic rings. The zero-order valence-electron chi connectivity index (χ0n) is 18.1. The van der Waals surface area contributed by atoms with Gasteiger partial charge in [-0.05, 0) is 71.5 Å². The van der Waals surface area contributed by atoms with E-state index < -0.39 is 0 Å². The summed E-state index contributed by atoms with van der Waals surface area (Å²) in [5.74, 6) is 0.0651. The quantitative estimate of drug-likeness (QED) is 0.441. The van der Waals surface area contributed by atoms with E-state index in [9.17, 15) is 9.90 Å². The second-order valence-electron chi connectivity index (χ2n) is 7.68. The third-order valence-corrected chi connectivity index (χ3v) is 5.29. The molecule has 0 fully saturated rings. The molecule has 3 aromatic rings. The Bertz CT molecular complexity index is 1010. The van der Waals surface area contributed by atoms with Crippen molar-refractivity contribution in [3.05, 3.63) is 71.5 Å². The molecule has 1 heterocycles. The number of nitriles is 1. The first-order valence-corrected chi connectivity index (χ1v) is 10.9. The lowest BCUT2D eigenvalue weighted by molar-refractivity contribution is -0.130. The van der Waals surface area contributed by atoms with Crippen LogP contribution >= 0.6 is 0 Å². The van der Waals surface area contributed by atoms with E-state index in [0.717, 1.165) is 36.9 Å². The van der Waals surface area contributed by atoms with E-state index in [1.54, 1.807) is 4.68 Å². The minimum atomic E-state index is 0.0651. The lowest BCUT2D eigenvalue weighted by atomic mass is 10.0. The Morgan fingerprint density at radius 1 is 1.03 bits per heavy atom. The van der Waals surface area contributed by atoms with Gasteiger partial charge in [-0.15, -0.1) is 5.10 Å². The van der Waals surface area contributed by atoms with Gasteiger partial charge in [0.1, 0.15) is 6.33 Å². The largest absolute Gasteiger partial charge is 0.396 e. The number of carbonyl (C=O) groups is 1. The van der Waals surface area contributed by atoms with Crippen molar-refractivity contribution in [2.45, 2.75) is 38.5 Å². The smallest absolute Gasteiger partial charge is 0.226 e. The molecule has 0 aliphatic heterocycles. The maximum atomic E-state index is 12.9. The fourth-order valence-corrected chi connectivity index (χ4v) is 3.56. The Morgan fingerprint density at radius 3 is 2.56 bits per heavy atom. The van der Waals surface area contributed by atoms with Crippen molar-refractivity contribution in [1.82, 2.24) is 25.1 Å². The minimum absolute atomic E-state index is 0.0651. The van der Waals surface area contributed by atoms with Crippen LogP contribution in [-0.2, 0) is 17.6 Å². The SMILES string of the molecule is N#Cc1cccc(CCCCCN(CCCO)C(=O)Cc2ccc(-n3cnnn3)cc2)c1. The van der Waals surface area contributed by atoms with Crippen LogP contribution in [0.2, 0.25) is 0 Å². The van der Waals surface area contributed by atoms with E-state index in [1.165, 1.54) is 11.9 Å². The molecule has 0 unspecified atom stereocenters. The van der Waals surface area contributed by atoms with Gasteiger partial charge in [-0.2, -0.15) is 5.26 Å². The highest BCUT2D eigenvalue weighted by molar-refractivity contribution is 5.78. The molecule has 1 N–H and O–H groups in total. The lowest BCUT2D eigenvalue weighted by Crippen LogP contribution is -2.34. The molecule has 2 aromatic carbocycles. The van der Waals surface area contributed by atoms with E-state index in [1.807, 2.05) is 53.4 Å². The first-order chi connectivity index (χ1) is 15.7. The summed E-state index contributed by atoms with van der Waals surface area (Å²) in [4.78, 5) is 14.7. The number of tetrazole rings is 1. The van der Waals surface area contributed by atoms with E-state index in [0.29, 0.717) is 31.5 Å². The van der Waals surface area contributed by atoms with E-state index in [4.69, 9.17) is 5.26 Å². The average Bonchev–Trinajstić information content (AvgIpc) is 3.36. The number of aliphatic hydroxyl groups is 1. The molecule has 1 amide bonds. The number of nitrogens with zero attached hydrogens (tertiary/aromatic N) is 6. The highest BCUT2D eigenvalue weighted by Gasteiger charge is 2.14. The van der Waals surface area contributed by atoms with Crippen molar-refractivity contribution in [2.75, 3.05) is 19.7 Å². The highest BCUT2D eigenvalue weighted by atomic mass is 16.3. The molecular formula is C24H28N6O2. The summed E-state index contributed by atoms with van der Waals surface area (Å²) in [6, 6.07) is 17.5. The maximum Gasteiger partial charge on any atom is 0.226 e. The van der Waals surface area contributed by atoms with Crippen molar-refractivity contribution < 1.29 is 9.90 Å². The molecule has 0 aliphatic carbocycles. The first kappa shape index (κ1) is 23.1. The number of hydrogen-bond donors (Lipinski definition) is 1. The molecule has 166 valence electrons. The molecule has 8 nitrogen and oxygen atoms in total. The topological polar surface area (TPSA) is 108 Å². The molecule has 0 radical (unpaired) electrons. The molecular weight excluding hydrogens is 404 g/mol. The molecule has 32 heavy (non-hydrogen) atoms. The van der Waals surface area contributed by atoms with Gasteiger partial charge in [0.25, 0.3) is 0 Å². The van der Waals surface area contributed by atoms with E-state index in [-0.39, 0.29) is 12.5 Å². The van der Waals surface area contributed by atoms with Crippen LogP contribution < -0.4 is 0 Å². The number of unbranched alkanes of at least 4 members (excludes halogenated alkanes) is 2. The Balaban J connectivity index is 1.46. The van der Waals surface area contributed by atoms with E-state index in [2.05, 4.69) is 21.6 Å². The van der Waals surface area contributed by atoms with Gasteiger partial charge in [0.15, 0.2) is 0 Å². The molecule has 0 spiro atoms. The Labute approximate surface area is 188 Å². The van der Waals surface area contributed by atoms with Gasteiger partial charge >= 0.3 is 0 Å². The van der Waals surface area contributed by atoms with Crippen molar-refractivity contribution in [3.63, 3.8) is 0 Å². The summed E-state index contributed by atoms with van der Waals surface area (Å²) in [5.41, 5.74) is 3.62. The van der Waals surface area contributed by atoms with Crippen LogP contribution in [0.15, 0.2) is 54.9 Å². The third kappa shape index (κ3) is 7.00. The summed E-state index contributed by atoms with van der Waals surface area (Å²) >= 11 is 0. The predicted octanol–water partition coefficient (Wildman–Crippen LogP) is 2.70. The van der Waals surface area contributed by atoms with Crippen molar-refractivity contribution in [3.8, 4) is 11.8 Å². The van der Waals surface area contributed by atoms with Crippen molar-refractivity contribution in [2.24, 2.45) is 0 Å². The monoisotopic (exact) mass is 432 g/mol. The molecule has 0 bridgehead atoms. The van der Waals surface area contributed by atoms with Gasteiger partial charge in [0.05, 0.1) is 23.7 Å². The standard InChI is InChI=1S/C24H28N6O2/c25-18-22-8-4-7-20(16-22)6-2-1-3-13-29(14-5-15-31)24(32)17-21-9-11-23(12-10-21)30-19-26-27-28-30/h4,7-12,16,19,31H,1-3,5-6,13-15,17H2. The maximum absolute atomic E-state index is 12.9. The van der Waals surface area contributed by atoms with Gasteiger partial charge in [0.2, 0.25) is 5.91 Å². The molecule has 0 saturated heterocycles. The zero-order valence-corrected chi connectivity index (χ0v) is 18.1. The minimum Gasteiger partial charge on any atom is -0.396 e. The highest BCUT2D eigenvalue weighted by Crippen LogP contribution is 2.12. The summed E-state index contributed by atoms with van der Waals surface area (Å²) in [7, 11) is 0. The number of aryl methyl sites for hydroxylation is 1. The number of amides is 1. The number of aliphatic hydroxyl groups excluding tert-OH is 1. The summed E-state index contributed by atoms with van der Waals surface area (Å²) in [5, 5.41) is 29.3. The second-order valence-corrected chi connectivity index (χ2v) is 7.68. The number of carbonyl (C=O) groups excluding carboxylic acids is 1. The van der Waals surface area contributed by atoms with Gasteiger partial charge < -0.3 is 10.0 Å². The molecule has 0 atom stereocenters. The van der Waals surface area contributed by atoms with Crippen LogP contribution in [0.4, 0.5) is 0 Å². The lowest BCUT2D eigenvalue weighted by Gasteiger charge is -2.22. The Morgan fingerprint density at radius 2 is 1.84 bits per heavy atom. The number of benzene rings is 2.